The van der Waals surface area contributed by atoms with Gasteiger partial charge in [0.15, 0.2) is 0 Å². The molecule has 1 aromatic heterocycles. The van der Waals surface area contributed by atoms with E-state index in [1.807, 2.05) is 6.07 Å². The molecule has 10 rings (SSSR count). The van der Waals surface area contributed by atoms with E-state index in [1.54, 1.807) is 0 Å². The van der Waals surface area contributed by atoms with Crippen molar-refractivity contribution >= 4 is 44.6 Å². The zero-order chi connectivity index (χ0) is 37.3. The molecule has 0 radical (unpaired) electrons. The summed E-state index contributed by atoms with van der Waals surface area (Å²) in [6.07, 6.45) is 8.00. The van der Waals surface area contributed by atoms with E-state index in [-0.39, 0.29) is 0 Å². The molecule has 1 aliphatic rings. The summed E-state index contributed by atoms with van der Waals surface area (Å²) < 4.78 is 6.56. The van der Waals surface area contributed by atoms with Gasteiger partial charge in [0.1, 0.15) is 11.2 Å². The lowest BCUT2D eigenvalue weighted by Crippen LogP contribution is -2.10. The van der Waals surface area contributed by atoms with Gasteiger partial charge >= 0.3 is 0 Å². The first-order valence-corrected chi connectivity index (χ1v) is 19.4. The Morgan fingerprint density at radius 1 is 0.429 bits per heavy atom. The van der Waals surface area contributed by atoms with Crippen LogP contribution in [-0.2, 0) is 0 Å². The van der Waals surface area contributed by atoms with Gasteiger partial charge in [-0.25, -0.2) is 0 Å². The second-order valence-corrected chi connectivity index (χ2v) is 14.4. The van der Waals surface area contributed by atoms with E-state index in [4.69, 9.17) is 4.42 Å². The summed E-state index contributed by atoms with van der Waals surface area (Å²) in [5, 5.41) is 2.26. The van der Waals surface area contributed by atoms with E-state index in [0.29, 0.717) is 5.92 Å². The van der Waals surface area contributed by atoms with Gasteiger partial charge in [-0.1, -0.05) is 176 Å². The second-order valence-electron chi connectivity index (χ2n) is 14.4. The molecule has 1 atom stereocenters. The van der Waals surface area contributed by atoms with Gasteiger partial charge in [-0.15, -0.1) is 0 Å². The molecule has 9 aromatic rings. The fourth-order valence-corrected chi connectivity index (χ4v) is 8.19. The Bertz CT molecular complexity index is 2850. The highest BCUT2D eigenvalue weighted by atomic mass is 16.3. The lowest BCUT2D eigenvalue weighted by Gasteiger charge is -2.27. The monoisotopic (exact) mass is 717 g/mol. The summed E-state index contributed by atoms with van der Waals surface area (Å²) in [5.41, 5.74) is 15.8. The molecule has 0 spiro atoms. The third-order valence-electron chi connectivity index (χ3n) is 11.1. The quantitative estimate of drug-likeness (QED) is 0.156. The number of hydrogen-bond acceptors (Lipinski definition) is 2. The number of allylic oxidation sites excluding steroid dienone is 4. The zero-order valence-electron chi connectivity index (χ0n) is 30.9. The Morgan fingerprint density at radius 2 is 1.02 bits per heavy atom. The number of hydrogen-bond donors (Lipinski definition) is 0. The fraction of sp³-hybridized carbons (Fsp3) is 0.0370. The second kappa shape index (κ2) is 14.6. The van der Waals surface area contributed by atoms with Gasteiger partial charge in [0.05, 0.1) is 0 Å². The molecular formula is C54H39NO. The zero-order valence-corrected chi connectivity index (χ0v) is 30.9. The lowest BCUT2D eigenvalue weighted by atomic mass is 9.88. The van der Waals surface area contributed by atoms with Crippen LogP contribution in [0.2, 0.25) is 0 Å². The SMILES string of the molecule is C1=CC(c2ccccc2)CC=C1c1ccc(N(c2ccc(-c3ccccc3)cc2)c2ccc(-c3cccc4c3oc3ccccc34)c(-c3ccccc3)c2)cc1. The summed E-state index contributed by atoms with van der Waals surface area (Å²) in [6, 6.07) is 71.6. The standard InChI is InChI=1S/C54H39NO/c1-4-13-38(14-5-1)40-23-25-41(26-24-40)43-29-33-46(34-30-43)55(45-31-27-42(28-32-45)39-15-6-2-7-16-39)47-35-36-48(52(37-47)44-17-8-3-9-18-44)50-20-12-21-51-49-19-10-11-22-53(49)56-54(50)51/h1-23,25-37,40H,24H2. The third kappa shape index (κ3) is 6.32. The molecule has 1 aliphatic carbocycles. The van der Waals surface area contributed by atoms with Crippen molar-refractivity contribution < 1.29 is 4.42 Å². The smallest absolute Gasteiger partial charge is 0.143 e. The highest BCUT2D eigenvalue weighted by molar-refractivity contribution is 6.10. The van der Waals surface area contributed by atoms with Crippen molar-refractivity contribution in [1.29, 1.82) is 0 Å². The molecule has 266 valence electrons. The number of para-hydroxylation sites is 2. The van der Waals surface area contributed by atoms with Crippen LogP contribution in [0.15, 0.2) is 223 Å². The molecule has 1 unspecified atom stereocenters. The molecule has 0 bridgehead atoms. The van der Waals surface area contributed by atoms with E-state index < -0.39 is 0 Å². The van der Waals surface area contributed by atoms with Crippen molar-refractivity contribution in [2.75, 3.05) is 4.90 Å². The Balaban J connectivity index is 1.08. The van der Waals surface area contributed by atoms with Gasteiger partial charge in [-0.05, 0) is 93.4 Å². The molecule has 1 heterocycles. The first-order chi connectivity index (χ1) is 27.8. The summed E-state index contributed by atoms with van der Waals surface area (Å²) in [4.78, 5) is 2.37. The Kier molecular flexibility index (Phi) is 8.70. The van der Waals surface area contributed by atoms with Crippen molar-refractivity contribution in [3.8, 4) is 33.4 Å². The maximum atomic E-state index is 6.56. The highest BCUT2D eigenvalue weighted by Crippen LogP contribution is 2.44. The van der Waals surface area contributed by atoms with Gasteiger partial charge in [-0.3, -0.25) is 0 Å². The number of nitrogens with zero attached hydrogens (tertiary/aromatic N) is 1. The van der Waals surface area contributed by atoms with Crippen molar-refractivity contribution in [3.63, 3.8) is 0 Å². The van der Waals surface area contributed by atoms with Crippen LogP contribution in [0.4, 0.5) is 17.1 Å². The number of benzene rings is 8. The average molecular weight is 718 g/mol. The Morgan fingerprint density at radius 3 is 1.71 bits per heavy atom. The Hall–Kier alpha value is -7.16. The van der Waals surface area contributed by atoms with Crippen molar-refractivity contribution in [3.05, 3.63) is 230 Å². The largest absolute Gasteiger partial charge is 0.455 e. The number of furan rings is 1. The fourth-order valence-electron chi connectivity index (χ4n) is 8.19. The number of fused-ring (bicyclic) bond motifs is 3. The minimum Gasteiger partial charge on any atom is -0.455 e. The summed E-state index contributed by atoms with van der Waals surface area (Å²) in [6.45, 7) is 0. The molecular weight excluding hydrogens is 679 g/mol. The van der Waals surface area contributed by atoms with Gasteiger partial charge in [0.2, 0.25) is 0 Å². The van der Waals surface area contributed by atoms with Gasteiger partial charge in [0.25, 0.3) is 0 Å². The summed E-state index contributed by atoms with van der Waals surface area (Å²) >= 11 is 0. The Labute approximate surface area is 327 Å². The van der Waals surface area contributed by atoms with Crippen molar-refractivity contribution in [2.24, 2.45) is 0 Å². The van der Waals surface area contributed by atoms with Crippen LogP contribution >= 0.6 is 0 Å². The summed E-state index contributed by atoms with van der Waals surface area (Å²) in [5.74, 6) is 0.411. The first kappa shape index (κ1) is 33.4. The van der Waals surface area contributed by atoms with E-state index in [1.165, 1.54) is 27.8 Å². The van der Waals surface area contributed by atoms with Crippen molar-refractivity contribution in [2.45, 2.75) is 12.3 Å². The van der Waals surface area contributed by atoms with Crippen LogP contribution in [-0.4, -0.2) is 0 Å². The molecule has 0 aliphatic heterocycles. The molecule has 2 nitrogen and oxygen atoms in total. The van der Waals surface area contributed by atoms with E-state index in [2.05, 4.69) is 217 Å². The van der Waals surface area contributed by atoms with Crippen LogP contribution < -0.4 is 4.90 Å². The number of rotatable bonds is 8. The lowest BCUT2D eigenvalue weighted by molar-refractivity contribution is 0.670. The molecule has 56 heavy (non-hydrogen) atoms. The van der Waals surface area contributed by atoms with E-state index in [9.17, 15) is 0 Å². The minimum absolute atomic E-state index is 0.411. The van der Waals surface area contributed by atoms with E-state index in [0.717, 1.165) is 67.7 Å². The molecule has 2 heteroatoms. The molecule has 0 saturated carbocycles. The molecule has 0 N–H and O–H groups in total. The third-order valence-corrected chi connectivity index (χ3v) is 11.1. The van der Waals surface area contributed by atoms with Crippen LogP contribution in [0.3, 0.4) is 0 Å². The van der Waals surface area contributed by atoms with Gasteiger partial charge < -0.3 is 9.32 Å². The normalized spacial score (nSPS) is 13.9. The maximum Gasteiger partial charge on any atom is 0.143 e. The van der Waals surface area contributed by atoms with Gasteiger partial charge in [-0.2, -0.15) is 0 Å². The molecule has 8 aromatic carbocycles. The van der Waals surface area contributed by atoms with Crippen LogP contribution in [0.5, 0.6) is 0 Å². The van der Waals surface area contributed by atoms with Crippen LogP contribution in [0.25, 0.3) is 60.9 Å². The van der Waals surface area contributed by atoms with Crippen LogP contribution in [0, 0.1) is 0 Å². The predicted octanol–water partition coefficient (Wildman–Crippen LogP) is 15.2. The van der Waals surface area contributed by atoms with E-state index >= 15 is 0 Å². The highest BCUT2D eigenvalue weighted by Gasteiger charge is 2.20. The molecule has 0 fully saturated rings. The molecule has 0 saturated heterocycles. The van der Waals surface area contributed by atoms with Crippen molar-refractivity contribution in [1.82, 2.24) is 0 Å². The summed E-state index contributed by atoms with van der Waals surface area (Å²) in [7, 11) is 0. The minimum atomic E-state index is 0.411. The molecule has 0 amide bonds. The first-order valence-electron chi connectivity index (χ1n) is 19.4. The topological polar surface area (TPSA) is 16.4 Å². The van der Waals surface area contributed by atoms with Gasteiger partial charge in [0, 0.05) is 39.3 Å². The van der Waals surface area contributed by atoms with Crippen LogP contribution in [0.1, 0.15) is 23.5 Å². The predicted molar refractivity (Wildman–Crippen MR) is 236 cm³/mol. The maximum absolute atomic E-state index is 6.56. The number of anilines is 3. The average Bonchev–Trinajstić information content (AvgIpc) is 3.67.